The first-order valence-electron chi connectivity index (χ1n) is 8.01. The fraction of sp³-hybridized carbons (Fsp3) is 0.278. The summed E-state index contributed by atoms with van der Waals surface area (Å²) in [6, 6.07) is 9.46. The lowest BCUT2D eigenvalue weighted by molar-refractivity contribution is 0.0725. The molecule has 3 aromatic rings. The van der Waals surface area contributed by atoms with Crippen LogP contribution in [-0.2, 0) is 0 Å². The van der Waals surface area contributed by atoms with Gasteiger partial charge in [0.05, 0.1) is 22.5 Å². The molecule has 4 rings (SSSR count). The molecule has 0 N–H and O–H groups in total. The number of imidazole rings is 1. The van der Waals surface area contributed by atoms with Crippen LogP contribution in [-0.4, -0.2) is 31.7 Å². The molecule has 0 radical (unpaired) electrons. The average molecular weight is 341 g/mol. The van der Waals surface area contributed by atoms with Crippen LogP contribution in [0.1, 0.15) is 40.8 Å². The van der Waals surface area contributed by atoms with Gasteiger partial charge in [-0.05, 0) is 44.0 Å². The van der Waals surface area contributed by atoms with E-state index < -0.39 is 0 Å². The number of hydrogen-bond donors (Lipinski definition) is 0. The van der Waals surface area contributed by atoms with Crippen LogP contribution in [0.3, 0.4) is 0 Å². The van der Waals surface area contributed by atoms with E-state index in [1.165, 1.54) is 0 Å². The zero-order chi connectivity index (χ0) is 16.7. The van der Waals surface area contributed by atoms with E-state index in [1.807, 2.05) is 36.1 Å². The van der Waals surface area contributed by atoms with Gasteiger partial charge in [-0.2, -0.15) is 0 Å². The molecule has 0 aromatic carbocycles. The number of aromatic nitrogens is 3. The van der Waals surface area contributed by atoms with Gasteiger partial charge in [-0.15, -0.1) is 0 Å². The monoisotopic (exact) mass is 340 g/mol. The summed E-state index contributed by atoms with van der Waals surface area (Å²) in [6.45, 7) is 2.59. The van der Waals surface area contributed by atoms with Crippen molar-refractivity contribution in [1.82, 2.24) is 19.3 Å². The number of aryl methyl sites for hydroxylation is 1. The maximum absolute atomic E-state index is 13.2. The lowest BCUT2D eigenvalue weighted by Crippen LogP contribution is -2.32. The van der Waals surface area contributed by atoms with E-state index in [0.29, 0.717) is 16.4 Å². The Kier molecular flexibility index (Phi) is 3.73. The highest BCUT2D eigenvalue weighted by molar-refractivity contribution is 6.30. The molecule has 0 saturated carbocycles. The maximum Gasteiger partial charge on any atom is 0.273 e. The molecule has 1 amide bonds. The molecule has 6 heteroatoms. The molecule has 0 bridgehead atoms. The first kappa shape index (κ1) is 15.1. The molecule has 0 spiro atoms. The highest BCUT2D eigenvalue weighted by Crippen LogP contribution is 2.32. The van der Waals surface area contributed by atoms with Gasteiger partial charge in [0, 0.05) is 18.9 Å². The van der Waals surface area contributed by atoms with E-state index in [2.05, 4.69) is 9.97 Å². The molecular weight excluding hydrogens is 324 g/mol. The van der Waals surface area contributed by atoms with Crippen LogP contribution in [0.25, 0.3) is 5.65 Å². The number of hydrogen-bond acceptors (Lipinski definition) is 3. The van der Waals surface area contributed by atoms with Crippen molar-refractivity contribution in [2.24, 2.45) is 0 Å². The molecule has 122 valence electrons. The maximum atomic E-state index is 13.2. The SMILES string of the molecule is Cc1nc2ccc(Cl)cn2c1C(=O)N1CCC[C@H]1c1ccccn1. The molecule has 24 heavy (non-hydrogen) atoms. The predicted molar refractivity (Wildman–Crippen MR) is 92.2 cm³/mol. The molecule has 1 fully saturated rings. The lowest BCUT2D eigenvalue weighted by Gasteiger charge is -2.24. The molecule has 5 nitrogen and oxygen atoms in total. The second-order valence-electron chi connectivity index (χ2n) is 6.03. The zero-order valence-electron chi connectivity index (χ0n) is 13.3. The fourth-order valence-corrected chi connectivity index (χ4v) is 3.58. The molecule has 1 atom stereocenters. The summed E-state index contributed by atoms with van der Waals surface area (Å²) in [5, 5.41) is 0.580. The van der Waals surface area contributed by atoms with Crippen molar-refractivity contribution in [2.75, 3.05) is 6.54 Å². The summed E-state index contributed by atoms with van der Waals surface area (Å²) < 4.78 is 1.79. The van der Waals surface area contributed by atoms with Crippen molar-refractivity contribution in [3.05, 3.63) is 64.8 Å². The molecule has 1 saturated heterocycles. The third kappa shape index (κ3) is 2.45. The van der Waals surface area contributed by atoms with E-state index in [9.17, 15) is 4.79 Å². The summed E-state index contributed by atoms with van der Waals surface area (Å²) in [5.41, 5.74) is 2.96. The normalized spacial score (nSPS) is 17.6. The van der Waals surface area contributed by atoms with Crippen molar-refractivity contribution in [2.45, 2.75) is 25.8 Å². The number of pyridine rings is 2. The number of carbonyl (C=O) groups excluding carboxylic acids is 1. The van der Waals surface area contributed by atoms with Crippen LogP contribution in [0.4, 0.5) is 0 Å². The zero-order valence-corrected chi connectivity index (χ0v) is 14.1. The van der Waals surface area contributed by atoms with Crippen LogP contribution in [0, 0.1) is 6.92 Å². The number of halogens is 1. The first-order valence-corrected chi connectivity index (χ1v) is 8.39. The van der Waals surface area contributed by atoms with Gasteiger partial charge in [-0.1, -0.05) is 17.7 Å². The Morgan fingerprint density at radius 3 is 2.96 bits per heavy atom. The van der Waals surface area contributed by atoms with Gasteiger partial charge in [0.15, 0.2) is 0 Å². The highest BCUT2D eigenvalue weighted by atomic mass is 35.5. The summed E-state index contributed by atoms with van der Waals surface area (Å²) in [7, 11) is 0. The Hall–Kier alpha value is -2.40. The minimum Gasteiger partial charge on any atom is -0.329 e. The van der Waals surface area contributed by atoms with E-state index in [4.69, 9.17) is 11.6 Å². The number of nitrogens with zero attached hydrogens (tertiary/aromatic N) is 4. The van der Waals surface area contributed by atoms with E-state index in [0.717, 1.165) is 30.7 Å². The summed E-state index contributed by atoms with van der Waals surface area (Å²) in [6.07, 6.45) is 5.42. The van der Waals surface area contributed by atoms with E-state index >= 15 is 0 Å². The van der Waals surface area contributed by atoms with Crippen molar-refractivity contribution in [3.8, 4) is 0 Å². The van der Waals surface area contributed by atoms with Crippen LogP contribution >= 0.6 is 11.6 Å². The van der Waals surface area contributed by atoms with Crippen molar-refractivity contribution < 1.29 is 4.79 Å². The van der Waals surface area contributed by atoms with Gasteiger partial charge in [0.25, 0.3) is 5.91 Å². The number of likely N-dealkylation sites (tertiary alicyclic amines) is 1. The summed E-state index contributed by atoms with van der Waals surface area (Å²) in [4.78, 5) is 24.1. The lowest BCUT2D eigenvalue weighted by atomic mass is 10.1. The Labute approximate surface area is 144 Å². The first-order chi connectivity index (χ1) is 11.6. The van der Waals surface area contributed by atoms with Gasteiger partial charge in [-0.3, -0.25) is 14.2 Å². The molecular formula is C18H17ClN4O. The number of carbonyl (C=O) groups is 1. The Bertz CT molecular complexity index is 906. The summed E-state index contributed by atoms with van der Waals surface area (Å²) in [5.74, 6) is -0.0181. The smallest absolute Gasteiger partial charge is 0.273 e. The van der Waals surface area contributed by atoms with Gasteiger partial charge in [-0.25, -0.2) is 4.98 Å². The summed E-state index contributed by atoms with van der Waals surface area (Å²) >= 11 is 6.11. The van der Waals surface area contributed by atoms with Crippen molar-refractivity contribution in [1.29, 1.82) is 0 Å². The third-order valence-electron chi connectivity index (χ3n) is 4.50. The molecule has 3 aromatic heterocycles. The highest BCUT2D eigenvalue weighted by Gasteiger charge is 2.33. The van der Waals surface area contributed by atoms with Gasteiger partial charge < -0.3 is 4.90 Å². The number of amides is 1. The van der Waals surface area contributed by atoms with E-state index in [1.54, 1.807) is 22.9 Å². The second-order valence-corrected chi connectivity index (χ2v) is 6.47. The number of fused-ring (bicyclic) bond motifs is 1. The number of rotatable bonds is 2. The Morgan fingerprint density at radius 2 is 2.17 bits per heavy atom. The van der Waals surface area contributed by atoms with Crippen LogP contribution in [0.15, 0.2) is 42.7 Å². The van der Waals surface area contributed by atoms with E-state index in [-0.39, 0.29) is 11.9 Å². The standard InChI is InChI=1S/C18H17ClN4O/c1-12-17(23-11-13(19)7-8-16(23)21-12)18(24)22-10-4-6-15(22)14-5-2-3-9-20-14/h2-3,5,7-9,11,15H,4,6,10H2,1H3/t15-/m0/s1. The third-order valence-corrected chi connectivity index (χ3v) is 4.73. The quantitative estimate of drug-likeness (QED) is 0.715. The van der Waals surface area contributed by atoms with Gasteiger partial charge in [0.1, 0.15) is 11.3 Å². The predicted octanol–water partition coefficient (Wildman–Crippen LogP) is 3.67. The second kappa shape index (κ2) is 5.91. The molecule has 1 aliphatic rings. The average Bonchev–Trinajstić information content (AvgIpc) is 3.19. The molecule has 4 heterocycles. The minimum absolute atomic E-state index is 0.0165. The Balaban J connectivity index is 1.76. The molecule has 0 unspecified atom stereocenters. The Morgan fingerprint density at radius 1 is 1.29 bits per heavy atom. The minimum atomic E-state index is -0.0181. The van der Waals surface area contributed by atoms with Gasteiger partial charge in [0.2, 0.25) is 0 Å². The molecule has 0 aliphatic carbocycles. The van der Waals surface area contributed by atoms with Crippen LogP contribution < -0.4 is 0 Å². The molecule has 1 aliphatic heterocycles. The van der Waals surface area contributed by atoms with Crippen molar-refractivity contribution >= 4 is 23.2 Å². The largest absolute Gasteiger partial charge is 0.329 e. The van der Waals surface area contributed by atoms with Gasteiger partial charge >= 0.3 is 0 Å². The van der Waals surface area contributed by atoms with Crippen LogP contribution in [0.2, 0.25) is 5.02 Å². The topological polar surface area (TPSA) is 50.5 Å². The van der Waals surface area contributed by atoms with Crippen LogP contribution in [0.5, 0.6) is 0 Å². The fourth-order valence-electron chi connectivity index (χ4n) is 3.42. The van der Waals surface area contributed by atoms with Crippen molar-refractivity contribution in [3.63, 3.8) is 0 Å².